The summed E-state index contributed by atoms with van der Waals surface area (Å²) in [7, 11) is 0. The Morgan fingerprint density at radius 2 is 1.72 bits per heavy atom. The summed E-state index contributed by atoms with van der Waals surface area (Å²) in [6, 6.07) is 10.8. The lowest BCUT2D eigenvalue weighted by Crippen LogP contribution is -2.21. The van der Waals surface area contributed by atoms with Gasteiger partial charge < -0.3 is 14.8 Å². The topological polar surface area (TPSA) is 95.3 Å². The van der Waals surface area contributed by atoms with E-state index >= 15 is 0 Å². The van der Waals surface area contributed by atoms with Crippen LogP contribution in [0.15, 0.2) is 61.2 Å². The normalized spacial score (nSPS) is 11.0. The first-order valence-corrected chi connectivity index (χ1v) is 8.08. The number of carbonyl (C=O) groups is 2. The highest BCUT2D eigenvalue weighted by Gasteiger charge is 2.30. The van der Waals surface area contributed by atoms with Crippen molar-refractivity contribution in [3.05, 3.63) is 66.7 Å². The predicted molar refractivity (Wildman–Crippen MR) is 93.4 cm³/mol. The first-order valence-electron chi connectivity index (χ1n) is 8.08. The molecule has 3 aromatic rings. The zero-order valence-corrected chi connectivity index (χ0v) is 14.6. The minimum Gasteiger partial charge on any atom is -0.452 e. The summed E-state index contributed by atoms with van der Waals surface area (Å²) in [5, 5.41) is 6.35. The Morgan fingerprint density at radius 3 is 2.31 bits per heavy atom. The monoisotopic (exact) mass is 406 g/mol. The number of nitrogens with zero attached hydrogens (tertiary/aromatic N) is 3. The van der Waals surface area contributed by atoms with Crippen LogP contribution in [0.2, 0.25) is 0 Å². The van der Waals surface area contributed by atoms with Gasteiger partial charge in [-0.2, -0.15) is 5.10 Å². The van der Waals surface area contributed by atoms with Gasteiger partial charge in [-0.25, -0.2) is 14.5 Å². The molecule has 3 rings (SSSR count). The van der Waals surface area contributed by atoms with Crippen LogP contribution in [0.3, 0.4) is 0 Å². The van der Waals surface area contributed by atoms with Crippen LogP contribution in [0.5, 0.6) is 5.75 Å². The van der Waals surface area contributed by atoms with E-state index in [0.717, 1.165) is 12.1 Å². The number of nitrogens with one attached hydrogen (secondary N) is 1. The van der Waals surface area contributed by atoms with E-state index in [9.17, 15) is 22.8 Å². The molecule has 8 nitrogen and oxygen atoms in total. The van der Waals surface area contributed by atoms with Gasteiger partial charge in [0.05, 0.1) is 11.3 Å². The molecule has 29 heavy (non-hydrogen) atoms. The lowest BCUT2D eigenvalue weighted by molar-refractivity contribution is -0.274. The van der Waals surface area contributed by atoms with Crippen molar-refractivity contribution in [2.75, 3.05) is 11.9 Å². The second-order valence-electron chi connectivity index (χ2n) is 5.58. The van der Waals surface area contributed by atoms with Crippen LogP contribution in [0.25, 0.3) is 5.69 Å². The standard InChI is InChI=1S/C18H13F3N4O4/c19-18(20,21)29-15-7-3-13(4-8-15)24-16(26)9-28-17(27)12-1-5-14(6-2-12)25-11-22-10-23-25/h1-8,10-11H,9H2,(H,24,26). The molecule has 0 fully saturated rings. The minimum atomic E-state index is -4.80. The number of amides is 1. The molecule has 0 spiro atoms. The summed E-state index contributed by atoms with van der Waals surface area (Å²) in [6.07, 6.45) is -1.93. The fraction of sp³-hybridized carbons (Fsp3) is 0.111. The van der Waals surface area contributed by atoms with E-state index in [0.29, 0.717) is 5.69 Å². The number of halogens is 3. The molecule has 1 heterocycles. The number of ether oxygens (including phenoxy) is 2. The van der Waals surface area contributed by atoms with Gasteiger partial charge in [-0.3, -0.25) is 4.79 Å². The number of hydrogen-bond acceptors (Lipinski definition) is 6. The van der Waals surface area contributed by atoms with Crippen LogP contribution in [0.1, 0.15) is 10.4 Å². The SMILES string of the molecule is O=C(COC(=O)c1ccc(-n2cncn2)cc1)Nc1ccc(OC(F)(F)F)cc1. The van der Waals surface area contributed by atoms with Crippen molar-refractivity contribution < 1.29 is 32.2 Å². The molecule has 0 aliphatic rings. The van der Waals surface area contributed by atoms with Gasteiger partial charge in [-0.15, -0.1) is 13.2 Å². The molecule has 11 heteroatoms. The van der Waals surface area contributed by atoms with E-state index in [2.05, 4.69) is 20.1 Å². The summed E-state index contributed by atoms with van der Waals surface area (Å²) < 4.78 is 46.5. The quantitative estimate of drug-likeness (QED) is 0.633. The molecule has 1 aromatic heterocycles. The Kier molecular flexibility index (Phi) is 5.77. The van der Waals surface area contributed by atoms with Crippen molar-refractivity contribution in [1.82, 2.24) is 14.8 Å². The maximum absolute atomic E-state index is 12.1. The molecule has 0 aliphatic heterocycles. The Hall–Kier alpha value is -3.89. The van der Waals surface area contributed by atoms with Gasteiger partial charge >= 0.3 is 12.3 Å². The predicted octanol–water partition coefficient (Wildman–Crippen LogP) is 2.96. The largest absolute Gasteiger partial charge is 0.573 e. The summed E-state index contributed by atoms with van der Waals surface area (Å²) >= 11 is 0. The third-order valence-corrected chi connectivity index (χ3v) is 3.49. The van der Waals surface area contributed by atoms with Crippen molar-refractivity contribution in [3.8, 4) is 11.4 Å². The van der Waals surface area contributed by atoms with Gasteiger partial charge in [0.1, 0.15) is 18.4 Å². The molecule has 150 valence electrons. The number of rotatable bonds is 6. The first-order chi connectivity index (χ1) is 13.8. The number of carbonyl (C=O) groups excluding carboxylic acids is 2. The molecule has 1 N–H and O–H groups in total. The van der Waals surface area contributed by atoms with Crippen molar-refractivity contribution in [1.29, 1.82) is 0 Å². The van der Waals surface area contributed by atoms with E-state index in [1.165, 1.54) is 41.6 Å². The second-order valence-corrected chi connectivity index (χ2v) is 5.58. The van der Waals surface area contributed by atoms with E-state index in [-0.39, 0.29) is 11.3 Å². The maximum Gasteiger partial charge on any atom is 0.573 e. The Balaban J connectivity index is 1.49. The van der Waals surface area contributed by atoms with Gasteiger partial charge in [0.2, 0.25) is 0 Å². The number of benzene rings is 2. The average Bonchev–Trinajstić information content (AvgIpc) is 3.21. The van der Waals surface area contributed by atoms with Crippen molar-refractivity contribution in [3.63, 3.8) is 0 Å². The van der Waals surface area contributed by atoms with E-state index < -0.39 is 30.6 Å². The Morgan fingerprint density at radius 1 is 1.03 bits per heavy atom. The van der Waals surface area contributed by atoms with Crippen LogP contribution in [0, 0.1) is 0 Å². The van der Waals surface area contributed by atoms with Crippen LogP contribution in [-0.2, 0) is 9.53 Å². The highest BCUT2D eigenvalue weighted by atomic mass is 19.4. The van der Waals surface area contributed by atoms with Gasteiger partial charge in [0.15, 0.2) is 6.61 Å². The van der Waals surface area contributed by atoms with Crippen LogP contribution < -0.4 is 10.1 Å². The average molecular weight is 406 g/mol. The fourth-order valence-electron chi connectivity index (χ4n) is 2.24. The number of esters is 1. The van der Waals surface area contributed by atoms with Gasteiger partial charge in [-0.05, 0) is 48.5 Å². The molecule has 0 atom stereocenters. The third-order valence-electron chi connectivity index (χ3n) is 3.49. The van der Waals surface area contributed by atoms with Crippen molar-refractivity contribution >= 4 is 17.6 Å². The second kappa shape index (κ2) is 8.42. The summed E-state index contributed by atoms with van der Waals surface area (Å²) in [5.41, 5.74) is 1.14. The Bertz CT molecular complexity index is 972. The van der Waals surface area contributed by atoms with Crippen LogP contribution in [0.4, 0.5) is 18.9 Å². The number of anilines is 1. The van der Waals surface area contributed by atoms with Crippen molar-refractivity contribution in [2.24, 2.45) is 0 Å². The molecular weight excluding hydrogens is 393 g/mol. The highest BCUT2D eigenvalue weighted by Crippen LogP contribution is 2.23. The molecule has 0 saturated carbocycles. The highest BCUT2D eigenvalue weighted by molar-refractivity contribution is 5.95. The summed E-state index contributed by atoms with van der Waals surface area (Å²) in [4.78, 5) is 27.7. The molecule has 0 unspecified atom stereocenters. The van der Waals surface area contributed by atoms with Crippen molar-refractivity contribution in [2.45, 2.75) is 6.36 Å². The van der Waals surface area contributed by atoms with Gasteiger partial charge in [0.25, 0.3) is 5.91 Å². The van der Waals surface area contributed by atoms with E-state index in [1.54, 1.807) is 12.1 Å². The maximum atomic E-state index is 12.1. The molecular formula is C18H13F3N4O4. The zero-order chi connectivity index (χ0) is 20.9. The fourth-order valence-corrected chi connectivity index (χ4v) is 2.24. The van der Waals surface area contributed by atoms with E-state index in [4.69, 9.17) is 4.74 Å². The number of hydrogen-bond donors (Lipinski definition) is 1. The smallest absolute Gasteiger partial charge is 0.452 e. The van der Waals surface area contributed by atoms with Crippen LogP contribution >= 0.6 is 0 Å². The third kappa shape index (κ3) is 5.79. The molecule has 1 amide bonds. The minimum absolute atomic E-state index is 0.220. The summed E-state index contributed by atoms with van der Waals surface area (Å²) in [5.74, 6) is -1.78. The first kappa shape index (κ1) is 19.9. The molecule has 0 saturated heterocycles. The lowest BCUT2D eigenvalue weighted by Gasteiger charge is -2.10. The molecule has 2 aromatic carbocycles. The molecule has 0 bridgehead atoms. The summed E-state index contributed by atoms with van der Waals surface area (Å²) in [6.45, 7) is -0.565. The molecule has 0 radical (unpaired) electrons. The lowest BCUT2D eigenvalue weighted by atomic mass is 10.2. The molecule has 0 aliphatic carbocycles. The van der Waals surface area contributed by atoms with Crippen LogP contribution in [-0.4, -0.2) is 39.6 Å². The van der Waals surface area contributed by atoms with Gasteiger partial charge in [-0.1, -0.05) is 0 Å². The van der Waals surface area contributed by atoms with Gasteiger partial charge in [0, 0.05) is 5.69 Å². The number of alkyl halides is 3. The Labute approximate surface area is 161 Å². The van der Waals surface area contributed by atoms with E-state index in [1.807, 2.05) is 0 Å². The zero-order valence-electron chi connectivity index (χ0n) is 14.6. The number of aromatic nitrogens is 3.